The van der Waals surface area contributed by atoms with Crippen molar-refractivity contribution in [2.24, 2.45) is 0 Å². The van der Waals surface area contributed by atoms with Crippen molar-refractivity contribution in [3.8, 4) is 0 Å². The molecule has 0 aliphatic carbocycles. The number of carbonyl (C=O) groups excluding carboxylic acids is 1. The number of carbonyl (C=O) groups is 2. The number of ether oxygens (including phenoxy) is 1. The van der Waals surface area contributed by atoms with Gasteiger partial charge in [-0.3, -0.25) is 0 Å². The molecule has 6 heteroatoms. The Morgan fingerprint density at radius 3 is 2.15 bits per heavy atom. The molecule has 0 saturated heterocycles. The van der Waals surface area contributed by atoms with Crippen molar-refractivity contribution in [3.63, 3.8) is 0 Å². The molecule has 76 valence electrons. The van der Waals surface area contributed by atoms with Crippen molar-refractivity contribution in [2.75, 3.05) is 0 Å². The van der Waals surface area contributed by atoms with Gasteiger partial charge in [0.05, 0.1) is 0 Å². The van der Waals surface area contributed by atoms with Crippen molar-refractivity contribution in [3.05, 3.63) is 0 Å². The first-order valence-corrected chi connectivity index (χ1v) is 3.88. The summed E-state index contributed by atoms with van der Waals surface area (Å²) in [7, 11) is 0. The van der Waals surface area contributed by atoms with Crippen LogP contribution in [0.25, 0.3) is 0 Å². The molecule has 0 unspecified atom stereocenters. The summed E-state index contributed by atoms with van der Waals surface area (Å²) in [6, 6.07) is 0. The second kappa shape index (κ2) is 6.10. The van der Waals surface area contributed by atoms with E-state index >= 15 is 0 Å². The highest BCUT2D eigenvalue weighted by Gasteiger charge is 2.14. The third kappa shape index (κ3) is 5.77. The lowest BCUT2D eigenvalue weighted by molar-refractivity contribution is -0.217. The molecular formula is C7H12O6. The minimum Gasteiger partial charge on any atom is -0.447 e. The molecule has 0 rings (SSSR count). The summed E-state index contributed by atoms with van der Waals surface area (Å²) in [4.78, 5) is 27.7. The maximum atomic E-state index is 10.6. The summed E-state index contributed by atoms with van der Waals surface area (Å²) in [6.45, 7) is 3.67. The predicted molar refractivity (Wildman–Crippen MR) is 41.0 cm³/mol. The minimum absolute atomic E-state index is 0.273. The van der Waals surface area contributed by atoms with Crippen LogP contribution in [0, 0.1) is 0 Å². The van der Waals surface area contributed by atoms with Gasteiger partial charge in [-0.25, -0.2) is 9.68 Å². The average molecular weight is 192 g/mol. The van der Waals surface area contributed by atoms with Crippen LogP contribution in [0.2, 0.25) is 0 Å². The predicted octanol–water partition coefficient (Wildman–Crippen LogP) is 1.94. The van der Waals surface area contributed by atoms with E-state index in [0.717, 1.165) is 0 Å². The number of carboxylic acid groups (broad SMARTS) is 1. The molecule has 6 nitrogen and oxygen atoms in total. The van der Waals surface area contributed by atoms with Gasteiger partial charge in [-0.15, -0.1) is 0 Å². The van der Waals surface area contributed by atoms with Crippen molar-refractivity contribution in [1.82, 2.24) is 0 Å². The van der Waals surface area contributed by atoms with Gasteiger partial charge in [0.25, 0.3) is 0 Å². The molecule has 0 fully saturated rings. The largest absolute Gasteiger partial charge is 0.550 e. The first kappa shape index (κ1) is 11.5. The third-order valence-corrected chi connectivity index (χ3v) is 1.35. The fourth-order valence-corrected chi connectivity index (χ4v) is 0.681. The summed E-state index contributed by atoms with van der Waals surface area (Å²) in [6.07, 6.45) is -1.83. The van der Waals surface area contributed by atoms with Crippen molar-refractivity contribution in [1.29, 1.82) is 0 Å². The van der Waals surface area contributed by atoms with Crippen molar-refractivity contribution < 1.29 is 29.2 Å². The van der Waals surface area contributed by atoms with Crippen LogP contribution in [-0.2, 0) is 14.5 Å². The van der Waals surface area contributed by atoms with E-state index in [9.17, 15) is 9.59 Å². The van der Waals surface area contributed by atoms with E-state index in [0.29, 0.717) is 12.8 Å². The quantitative estimate of drug-likeness (QED) is 0.418. The molecule has 0 saturated carbocycles. The fraction of sp³-hybridized carbons (Fsp3) is 0.714. The summed E-state index contributed by atoms with van der Waals surface area (Å²) < 4.78 is 4.65. The Kier molecular flexibility index (Phi) is 5.42. The number of rotatable bonds is 3. The highest BCUT2D eigenvalue weighted by atomic mass is 17.3. The van der Waals surface area contributed by atoms with E-state index in [2.05, 4.69) is 14.5 Å². The Balaban J connectivity index is 3.66. The van der Waals surface area contributed by atoms with E-state index < -0.39 is 12.3 Å². The summed E-state index contributed by atoms with van der Waals surface area (Å²) >= 11 is 0. The van der Waals surface area contributed by atoms with Gasteiger partial charge in [-0.2, -0.15) is 9.68 Å². The van der Waals surface area contributed by atoms with Gasteiger partial charge >= 0.3 is 12.3 Å². The maximum absolute atomic E-state index is 10.6. The standard InChI is InChI=1S/C7H12O6/c1-3-5(4-2)11-7(10)13-12-6(8)9/h5H,3-4H2,1-2H3,(H,8,9). The highest BCUT2D eigenvalue weighted by molar-refractivity contribution is 5.62. The van der Waals surface area contributed by atoms with Gasteiger partial charge in [0.2, 0.25) is 0 Å². The van der Waals surface area contributed by atoms with Crippen LogP contribution in [0.4, 0.5) is 9.59 Å². The molecule has 13 heavy (non-hydrogen) atoms. The zero-order valence-corrected chi connectivity index (χ0v) is 7.48. The topological polar surface area (TPSA) is 82.1 Å². The normalized spacial score (nSPS) is 9.46. The van der Waals surface area contributed by atoms with Crippen molar-refractivity contribution >= 4 is 12.3 Å². The molecule has 0 atom stereocenters. The average Bonchev–Trinajstić information content (AvgIpc) is 2.10. The fourth-order valence-electron chi connectivity index (χ4n) is 0.681. The molecule has 0 aromatic carbocycles. The monoisotopic (exact) mass is 192 g/mol. The van der Waals surface area contributed by atoms with Crippen LogP contribution in [0.15, 0.2) is 0 Å². The zero-order chi connectivity index (χ0) is 10.3. The lowest BCUT2D eigenvalue weighted by atomic mass is 10.2. The molecule has 0 amide bonds. The SMILES string of the molecule is CCC(CC)OC(=O)OOC(=O)O. The van der Waals surface area contributed by atoms with Gasteiger partial charge in [0, 0.05) is 0 Å². The van der Waals surface area contributed by atoms with Crippen LogP contribution in [0.5, 0.6) is 0 Å². The van der Waals surface area contributed by atoms with E-state index in [1.165, 1.54) is 0 Å². The third-order valence-electron chi connectivity index (χ3n) is 1.35. The first-order valence-electron chi connectivity index (χ1n) is 3.88. The molecule has 0 bridgehead atoms. The van der Waals surface area contributed by atoms with Gasteiger partial charge < -0.3 is 9.84 Å². The van der Waals surface area contributed by atoms with Gasteiger partial charge in [-0.05, 0) is 12.8 Å². The Hall–Kier alpha value is -1.46. The van der Waals surface area contributed by atoms with Crippen LogP contribution in [-0.4, -0.2) is 23.5 Å². The summed E-state index contributed by atoms with van der Waals surface area (Å²) in [5.74, 6) is 0. The molecule has 0 heterocycles. The van der Waals surface area contributed by atoms with Gasteiger partial charge in [0.15, 0.2) is 0 Å². The highest BCUT2D eigenvalue weighted by Crippen LogP contribution is 2.04. The van der Waals surface area contributed by atoms with Gasteiger partial charge in [-0.1, -0.05) is 13.8 Å². The summed E-state index contributed by atoms with van der Waals surface area (Å²) in [5, 5.41) is 7.96. The lowest BCUT2D eigenvalue weighted by Crippen LogP contribution is -2.18. The zero-order valence-electron chi connectivity index (χ0n) is 7.48. The molecule has 0 aromatic rings. The van der Waals surface area contributed by atoms with E-state index in [1.54, 1.807) is 0 Å². The van der Waals surface area contributed by atoms with Crippen molar-refractivity contribution in [2.45, 2.75) is 32.8 Å². The molecule has 0 spiro atoms. The Labute approximate surface area is 75.3 Å². The molecular weight excluding hydrogens is 180 g/mol. The molecule has 1 N–H and O–H groups in total. The lowest BCUT2D eigenvalue weighted by Gasteiger charge is -2.11. The molecule has 0 aliphatic heterocycles. The number of hydrogen-bond donors (Lipinski definition) is 1. The smallest absolute Gasteiger partial charge is 0.447 e. The van der Waals surface area contributed by atoms with Crippen LogP contribution >= 0.6 is 0 Å². The second-order valence-corrected chi connectivity index (χ2v) is 2.24. The Morgan fingerprint density at radius 2 is 1.77 bits per heavy atom. The van der Waals surface area contributed by atoms with Crippen LogP contribution < -0.4 is 0 Å². The molecule has 0 radical (unpaired) electrons. The van der Waals surface area contributed by atoms with Crippen LogP contribution in [0.1, 0.15) is 26.7 Å². The summed E-state index contributed by atoms with van der Waals surface area (Å²) in [5.41, 5.74) is 0. The molecule has 0 aliphatic rings. The second-order valence-electron chi connectivity index (χ2n) is 2.24. The maximum Gasteiger partial charge on any atom is 0.550 e. The first-order chi connectivity index (χ1) is 6.10. The molecule has 0 aromatic heterocycles. The number of hydrogen-bond acceptors (Lipinski definition) is 5. The van der Waals surface area contributed by atoms with Crippen LogP contribution in [0.3, 0.4) is 0 Å². The van der Waals surface area contributed by atoms with E-state index in [-0.39, 0.29) is 6.10 Å². The van der Waals surface area contributed by atoms with E-state index in [4.69, 9.17) is 5.11 Å². The minimum atomic E-state index is -1.69. The Morgan fingerprint density at radius 1 is 1.23 bits per heavy atom. The van der Waals surface area contributed by atoms with Gasteiger partial charge in [0.1, 0.15) is 6.10 Å². The Bertz CT molecular complexity index is 174. The van der Waals surface area contributed by atoms with E-state index in [1.807, 2.05) is 13.8 Å².